The van der Waals surface area contributed by atoms with Crippen LogP contribution in [0.3, 0.4) is 0 Å². The third-order valence-corrected chi connectivity index (χ3v) is 5.01. The Morgan fingerprint density at radius 3 is 2.14 bits per heavy atom. The minimum atomic E-state index is -0.471. The summed E-state index contributed by atoms with van der Waals surface area (Å²) in [5, 5.41) is 3.42. The molecule has 6 nitrogen and oxygen atoms in total. The Balaban J connectivity index is 2.04. The number of carbonyl (C=O) groups is 1. The van der Waals surface area contributed by atoms with Gasteiger partial charge in [0.05, 0.1) is 10.9 Å². The van der Waals surface area contributed by atoms with Crippen LogP contribution in [0.25, 0.3) is 10.9 Å². The predicted octanol–water partition coefficient (Wildman–Crippen LogP) is 2.95. The van der Waals surface area contributed by atoms with Crippen LogP contribution >= 0.6 is 0 Å². The fraction of sp³-hybridized carbons (Fsp3) is 0.318. The summed E-state index contributed by atoms with van der Waals surface area (Å²) in [6.07, 6.45) is 1.60. The number of benzene rings is 2. The standard InChI is InChI=1S/C22H25N3O3/c1-4-15-10-9-11-16(5-2)20(15)23-19(26)14-25-18-13-8-7-12-17(18)21(27)24(6-3)22(25)28/h7-13H,4-6,14H2,1-3H3,(H,23,26). The normalized spacial score (nSPS) is 11.0. The highest BCUT2D eigenvalue weighted by Gasteiger charge is 2.16. The average molecular weight is 379 g/mol. The maximum Gasteiger partial charge on any atom is 0.331 e. The highest BCUT2D eigenvalue weighted by molar-refractivity contribution is 5.93. The molecule has 2 aromatic carbocycles. The van der Waals surface area contributed by atoms with Gasteiger partial charge < -0.3 is 5.32 Å². The van der Waals surface area contributed by atoms with Gasteiger partial charge in [0.2, 0.25) is 5.91 Å². The van der Waals surface area contributed by atoms with Crippen LogP contribution in [-0.2, 0) is 30.7 Å². The van der Waals surface area contributed by atoms with E-state index in [2.05, 4.69) is 5.32 Å². The van der Waals surface area contributed by atoms with E-state index in [0.717, 1.165) is 34.2 Å². The molecule has 1 aromatic heterocycles. The zero-order valence-electron chi connectivity index (χ0n) is 16.5. The molecule has 1 heterocycles. The fourth-order valence-electron chi connectivity index (χ4n) is 3.53. The Morgan fingerprint density at radius 2 is 1.54 bits per heavy atom. The van der Waals surface area contributed by atoms with Crippen LogP contribution in [0.4, 0.5) is 5.69 Å². The third-order valence-electron chi connectivity index (χ3n) is 5.01. The summed E-state index contributed by atoms with van der Waals surface area (Å²) < 4.78 is 2.53. The monoisotopic (exact) mass is 379 g/mol. The van der Waals surface area contributed by atoms with E-state index in [1.807, 2.05) is 32.0 Å². The second kappa shape index (κ2) is 8.25. The highest BCUT2D eigenvalue weighted by atomic mass is 16.2. The lowest BCUT2D eigenvalue weighted by molar-refractivity contribution is -0.116. The Labute approximate surface area is 163 Å². The molecule has 0 aliphatic rings. The van der Waals surface area contributed by atoms with Gasteiger partial charge in [-0.15, -0.1) is 0 Å². The van der Waals surface area contributed by atoms with Crippen molar-refractivity contribution < 1.29 is 4.79 Å². The van der Waals surface area contributed by atoms with E-state index in [4.69, 9.17) is 0 Å². The molecule has 1 N–H and O–H groups in total. The van der Waals surface area contributed by atoms with Gasteiger partial charge in [-0.1, -0.05) is 44.2 Å². The van der Waals surface area contributed by atoms with Crippen molar-refractivity contribution in [2.24, 2.45) is 0 Å². The van der Waals surface area contributed by atoms with E-state index >= 15 is 0 Å². The average Bonchev–Trinajstić information content (AvgIpc) is 2.71. The molecule has 0 bridgehead atoms. The number of nitrogens with zero attached hydrogens (tertiary/aromatic N) is 2. The zero-order valence-corrected chi connectivity index (χ0v) is 16.5. The van der Waals surface area contributed by atoms with Crippen LogP contribution in [0, 0.1) is 0 Å². The van der Waals surface area contributed by atoms with E-state index in [-0.39, 0.29) is 24.6 Å². The molecule has 0 radical (unpaired) electrons. The third kappa shape index (κ3) is 3.50. The molecule has 146 valence electrons. The first-order valence-electron chi connectivity index (χ1n) is 9.64. The molecule has 1 amide bonds. The number of hydrogen-bond donors (Lipinski definition) is 1. The van der Waals surface area contributed by atoms with Gasteiger partial charge in [-0.2, -0.15) is 0 Å². The molecule has 3 aromatic rings. The lowest BCUT2D eigenvalue weighted by Gasteiger charge is -2.16. The Bertz CT molecular complexity index is 1120. The van der Waals surface area contributed by atoms with E-state index < -0.39 is 5.69 Å². The Hall–Kier alpha value is -3.15. The number of amides is 1. The maximum absolute atomic E-state index is 12.8. The van der Waals surface area contributed by atoms with Gasteiger partial charge in [0.25, 0.3) is 5.56 Å². The van der Waals surface area contributed by atoms with Crippen molar-refractivity contribution in [3.05, 3.63) is 74.4 Å². The Morgan fingerprint density at radius 1 is 0.893 bits per heavy atom. The van der Waals surface area contributed by atoms with Gasteiger partial charge in [-0.25, -0.2) is 4.79 Å². The van der Waals surface area contributed by atoms with Crippen molar-refractivity contribution in [2.75, 3.05) is 5.32 Å². The first-order valence-corrected chi connectivity index (χ1v) is 9.64. The van der Waals surface area contributed by atoms with E-state index in [9.17, 15) is 14.4 Å². The summed E-state index contributed by atoms with van der Waals surface area (Å²) in [5.41, 5.74) is 2.60. The van der Waals surface area contributed by atoms with Gasteiger partial charge in [0, 0.05) is 12.2 Å². The van der Waals surface area contributed by atoms with Crippen molar-refractivity contribution in [2.45, 2.75) is 46.7 Å². The molecule has 3 rings (SSSR count). The molecular formula is C22H25N3O3. The SMILES string of the molecule is CCc1cccc(CC)c1NC(=O)Cn1c(=O)n(CC)c(=O)c2ccccc21. The number of fused-ring (bicyclic) bond motifs is 1. The summed E-state index contributed by atoms with van der Waals surface area (Å²) >= 11 is 0. The van der Waals surface area contributed by atoms with Crippen molar-refractivity contribution >= 4 is 22.5 Å². The molecule has 0 unspecified atom stereocenters. The summed E-state index contributed by atoms with van der Waals surface area (Å²) in [4.78, 5) is 38.2. The molecular weight excluding hydrogens is 354 g/mol. The quantitative estimate of drug-likeness (QED) is 0.716. The smallest absolute Gasteiger partial charge is 0.324 e. The van der Waals surface area contributed by atoms with Crippen molar-refractivity contribution in [1.82, 2.24) is 9.13 Å². The lowest BCUT2D eigenvalue weighted by Crippen LogP contribution is -2.41. The lowest BCUT2D eigenvalue weighted by atomic mass is 10.0. The Kier molecular flexibility index (Phi) is 5.78. The molecule has 28 heavy (non-hydrogen) atoms. The minimum Gasteiger partial charge on any atom is -0.324 e. The molecule has 0 aliphatic heterocycles. The largest absolute Gasteiger partial charge is 0.331 e. The van der Waals surface area contributed by atoms with Gasteiger partial charge in [0.1, 0.15) is 6.54 Å². The molecule has 0 fully saturated rings. The number of carbonyl (C=O) groups excluding carboxylic acids is 1. The van der Waals surface area contributed by atoms with Crippen LogP contribution in [0.1, 0.15) is 31.9 Å². The van der Waals surface area contributed by atoms with Crippen LogP contribution in [0.5, 0.6) is 0 Å². The number of aromatic nitrogens is 2. The number of nitrogens with one attached hydrogen (secondary N) is 1. The molecule has 0 saturated carbocycles. The summed E-state index contributed by atoms with van der Waals surface area (Å²) in [6.45, 7) is 5.93. The first-order chi connectivity index (χ1) is 13.5. The predicted molar refractivity (Wildman–Crippen MR) is 112 cm³/mol. The first kappa shape index (κ1) is 19.6. The summed E-state index contributed by atoms with van der Waals surface area (Å²) in [6, 6.07) is 12.9. The van der Waals surface area contributed by atoms with Crippen LogP contribution < -0.4 is 16.6 Å². The molecule has 0 aliphatic carbocycles. The molecule has 0 saturated heterocycles. The molecule has 0 spiro atoms. The molecule has 6 heteroatoms. The van der Waals surface area contributed by atoms with Crippen molar-refractivity contribution in [3.8, 4) is 0 Å². The van der Waals surface area contributed by atoms with Gasteiger partial charge >= 0.3 is 5.69 Å². The van der Waals surface area contributed by atoms with Gasteiger partial charge in [0.15, 0.2) is 0 Å². The second-order valence-electron chi connectivity index (χ2n) is 6.64. The van der Waals surface area contributed by atoms with Crippen molar-refractivity contribution in [1.29, 1.82) is 0 Å². The topological polar surface area (TPSA) is 73.1 Å². The maximum atomic E-state index is 12.8. The number of para-hydroxylation sites is 2. The summed E-state index contributed by atoms with van der Waals surface area (Å²) in [5.74, 6) is -0.288. The number of rotatable bonds is 6. The van der Waals surface area contributed by atoms with E-state index in [1.165, 1.54) is 4.57 Å². The molecule has 0 atom stereocenters. The van der Waals surface area contributed by atoms with Gasteiger partial charge in [-0.05, 0) is 43.0 Å². The van der Waals surface area contributed by atoms with E-state index in [1.54, 1.807) is 31.2 Å². The number of anilines is 1. The summed E-state index contributed by atoms with van der Waals surface area (Å²) in [7, 11) is 0. The highest BCUT2D eigenvalue weighted by Crippen LogP contribution is 2.22. The zero-order chi connectivity index (χ0) is 20.3. The van der Waals surface area contributed by atoms with E-state index in [0.29, 0.717) is 10.9 Å². The van der Waals surface area contributed by atoms with Gasteiger partial charge in [-0.3, -0.25) is 18.7 Å². The minimum absolute atomic E-state index is 0.152. The van der Waals surface area contributed by atoms with Crippen LogP contribution in [0.2, 0.25) is 0 Å². The number of aryl methyl sites for hydroxylation is 2. The van der Waals surface area contributed by atoms with Crippen LogP contribution in [0.15, 0.2) is 52.1 Å². The second-order valence-corrected chi connectivity index (χ2v) is 6.64. The van der Waals surface area contributed by atoms with Crippen LogP contribution in [-0.4, -0.2) is 15.0 Å². The number of hydrogen-bond acceptors (Lipinski definition) is 3. The fourth-order valence-corrected chi connectivity index (χ4v) is 3.53. The van der Waals surface area contributed by atoms with Crippen molar-refractivity contribution in [3.63, 3.8) is 0 Å².